The van der Waals surface area contributed by atoms with Gasteiger partial charge in [0.25, 0.3) is 10.0 Å². The monoisotopic (exact) mass is 322 g/mol. The van der Waals surface area contributed by atoms with Crippen molar-refractivity contribution < 1.29 is 20.7 Å². The maximum atomic E-state index is 12.7. The number of hydrogen-bond acceptors (Lipinski definition) is 5. The molecular weight excluding hydrogens is 307 g/mol. The summed E-state index contributed by atoms with van der Waals surface area (Å²) in [5, 5.41) is 1.61. The molecular formula is C11H15FN2O4S2. The van der Waals surface area contributed by atoms with Crippen LogP contribution >= 0.6 is 0 Å². The Hall–Kier alpha value is -1.03. The van der Waals surface area contributed by atoms with E-state index in [0.717, 1.165) is 43.5 Å². The van der Waals surface area contributed by atoms with E-state index < -0.39 is 25.1 Å². The lowest BCUT2D eigenvalue weighted by Crippen LogP contribution is -2.44. The lowest BCUT2D eigenvalue weighted by atomic mass is 10.2. The molecule has 0 bridgehead atoms. The number of piperidine rings is 1. The highest BCUT2D eigenvalue weighted by Crippen LogP contribution is 2.17. The second kappa shape index (κ2) is 5.76. The minimum atomic E-state index is -4.82. The molecule has 0 amide bonds. The summed E-state index contributed by atoms with van der Waals surface area (Å²) < 4.78 is 58.2. The van der Waals surface area contributed by atoms with E-state index >= 15 is 0 Å². The standard InChI is InChI=1S/C11H15FN2O4S2/c12-19(15,16)10-4-6-11(7-5-10)20(17,18)13-14-8-2-1-3-9-14/h4-7,13H,1-3,8-9H2. The highest BCUT2D eigenvalue weighted by molar-refractivity contribution is 7.89. The molecule has 2 rings (SSSR count). The zero-order valence-corrected chi connectivity index (χ0v) is 12.3. The van der Waals surface area contributed by atoms with Crippen molar-refractivity contribution >= 4 is 20.2 Å². The molecule has 1 aromatic carbocycles. The Balaban J connectivity index is 2.17. The van der Waals surface area contributed by atoms with Crippen LogP contribution in [0.5, 0.6) is 0 Å². The number of benzene rings is 1. The van der Waals surface area contributed by atoms with E-state index in [1.807, 2.05) is 0 Å². The molecule has 9 heteroatoms. The van der Waals surface area contributed by atoms with Crippen LogP contribution in [0.2, 0.25) is 0 Å². The van der Waals surface area contributed by atoms with E-state index in [9.17, 15) is 20.7 Å². The van der Waals surface area contributed by atoms with Crippen LogP contribution in [-0.4, -0.2) is 34.9 Å². The van der Waals surface area contributed by atoms with Gasteiger partial charge in [-0.2, -0.15) is 8.42 Å². The topological polar surface area (TPSA) is 83.5 Å². The van der Waals surface area contributed by atoms with Crippen LogP contribution in [0.4, 0.5) is 3.89 Å². The summed E-state index contributed by atoms with van der Waals surface area (Å²) in [5.74, 6) is 0. The van der Waals surface area contributed by atoms with Gasteiger partial charge in [0.15, 0.2) is 0 Å². The fourth-order valence-corrected chi connectivity index (χ4v) is 3.57. The number of hydrazine groups is 1. The molecule has 1 aliphatic heterocycles. The molecule has 0 unspecified atom stereocenters. The first-order valence-corrected chi connectivity index (χ1v) is 8.98. The number of nitrogens with one attached hydrogen (secondary N) is 1. The highest BCUT2D eigenvalue weighted by atomic mass is 32.3. The van der Waals surface area contributed by atoms with Gasteiger partial charge in [-0.05, 0) is 37.1 Å². The number of halogens is 1. The Morgan fingerprint density at radius 1 is 0.900 bits per heavy atom. The summed E-state index contributed by atoms with van der Waals surface area (Å²) in [6.45, 7) is 1.27. The van der Waals surface area contributed by atoms with E-state index in [4.69, 9.17) is 0 Å². The minimum Gasteiger partial charge on any atom is -0.230 e. The first-order valence-electron chi connectivity index (χ1n) is 6.11. The van der Waals surface area contributed by atoms with Crippen molar-refractivity contribution in [3.8, 4) is 0 Å². The molecule has 1 N–H and O–H groups in total. The molecule has 112 valence electrons. The third-order valence-electron chi connectivity index (χ3n) is 3.02. The first kappa shape index (κ1) is 15.4. The molecule has 6 nitrogen and oxygen atoms in total. The van der Waals surface area contributed by atoms with E-state index in [1.165, 1.54) is 0 Å². The highest BCUT2D eigenvalue weighted by Gasteiger charge is 2.21. The van der Waals surface area contributed by atoms with Crippen molar-refractivity contribution in [3.05, 3.63) is 24.3 Å². The first-order chi connectivity index (χ1) is 9.29. The van der Waals surface area contributed by atoms with Crippen LogP contribution in [0.1, 0.15) is 19.3 Å². The van der Waals surface area contributed by atoms with Crippen LogP contribution in [0.3, 0.4) is 0 Å². The lowest BCUT2D eigenvalue weighted by Gasteiger charge is -2.26. The third-order valence-corrected chi connectivity index (χ3v) is 5.25. The fraction of sp³-hybridized carbons (Fsp3) is 0.455. The van der Waals surface area contributed by atoms with Gasteiger partial charge in [-0.25, -0.2) is 13.4 Å². The zero-order valence-electron chi connectivity index (χ0n) is 10.6. The van der Waals surface area contributed by atoms with Gasteiger partial charge in [-0.1, -0.05) is 6.42 Å². The molecule has 1 aliphatic rings. The lowest BCUT2D eigenvalue weighted by molar-refractivity contribution is 0.200. The molecule has 1 aromatic rings. The van der Waals surface area contributed by atoms with E-state index in [0.29, 0.717) is 13.1 Å². The molecule has 0 spiro atoms. The normalized spacial score (nSPS) is 18.1. The van der Waals surface area contributed by atoms with Gasteiger partial charge in [-0.3, -0.25) is 0 Å². The van der Waals surface area contributed by atoms with Crippen molar-refractivity contribution in [2.45, 2.75) is 29.1 Å². The summed E-state index contributed by atoms with van der Waals surface area (Å²) >= 11 is 0. The van der Waals surface area contributed by atoms with Gasteiger partial charge < -0.3 is 0 Å². The van der Waals surface area contributed by atoms with Crippen molar-refractivity contribution in [1.82, 2.24) is 9.84 Å². The number of hydrogen-bond donors (Lipinski definition) is 1. The third kappa shape index (κ3) is 3.75. The molecule has 0 aromatic heterocycles. The Bertz CT molecular complexity index is 665. The predicted molar refractivity (Wildman–Crippen MR) is 70.5 cm³/mol. The molecule has 1 fully saturated rings. The average Bonchev–Trinajstić information content (AvgIpc) is 2.38. The van der Waals surface area contributed by atoms with Crippen molar-refractivity contribution in [2.75, 3.05) is 13.1 Å². The van der Waals surface area contributed by atoms with E-state index in [1.54, 1.807) is 5.01 Å². The van der Waals surface area contributed by atoms with Crippen LogP contribution in [0.15, 0.2) is 34.1 Å². The number of nitrogens with zero attached hydrogens (tertiary/aromatic N) is 1. The zero-order chi connectivity index (χ0) is 14.8. The Labute approximate surface area is 117 Å². The molecule has 1 saturated heterocycles. The van der Waals surface area contributed by atoms with Crippen LogP contribution < -0.4 is 4.83 Å². The maximum Gasteiger partial charge on any atom is 0.332 e. The fourth-order valence-electron chi connectivity index (χ4n) is 1.99. The van der Waals surface area contributed by atoms with E-state index in [-0.39, 0.29) is 4.90 Å². The Morgan fingerprint density at radius 3 is 1.90 bits per heavy atom. The van der Waals surface area contributed by atoms with Gasteiger partial charge >= 0.3 is 10.2 Å². The molecule has 0 atom stereocenters. The second-order valence-electron chi connectivity index (χ2n) is 4.55. The molecule has 20 heavy (non-hydrogen) atoms. The molecule has 0 radical (unpaired) electrons. The Morgan fingerprint density at radius 2 is 1.40 bits per heavy atom. The second-order valence-corrected chi connectivity index (χ2v) is 7.56. The van der Waals surface area contributed by atoms with Crippen molar-refractivity contribution in [2.24, 2.45) is 0 Å². The van der Waals surface area contributed by atoms with Gasteiger partial charge in [0.1, 0.15) is 0 Å². The maximum absolute atomic E-state index is 12.7. The van der Waals surface area contributed by atoms with Crippen molar-refractivity contribution in [3.63, 3.8) is 0 Å². The summed E-state index contributed by atoms with van der Waals surface area (Å²) in [4.78, 5) is 1.77. The van der Waals surface area contributed by atoms with Crippen LogP contribution in [-0.2, 0) is 20.2 Å². The largest absolute Gasteiger partial charge is 0.332 e. The Kier molecular flexibility index (Phi) is 4.43. The van der Waals surface area contributed by atoms with Crippen molar-refractivity contribution in [1.29, 1.82) is 0 Å². The quantitative estimate of drug-likeness (QED) is 0.837. The smallest absolute Gasteiger partial charge is 0.230 e. The van der Waals surface area contributed by atoms with Crippen LogP contribution in [0.25, 0.3) is 0 Å². The average molecular weight is 322 g/mol. The summed E-state index contributed by atoms with van der Waals surface area (Å²) in [5.41, 5.74) is 0. The summed E-state index contributed by atoms with van der Waals surface area (Å²) in [6, 6.07) is 4.00. The molecule has 1 heterocycles. The number of rotatable bonds is 4. The predicted octanol–water partition coefficient (Wildman–Crippen LogP) is 1.02. The van der Waals surface area contributed by atoms with Gasteiger partial charge in [-0.15, -0.1) is 8.72 Å². The molecule has 0 saturated carbocycles. The van der Waals surface area contributed by atoms with Gasteiger partial charge in [0, 0.05) is 13.1 Å². The molecule has 0 aliphatic carbocycles. The summed E-state index contributed by atoms with van der Waals surface area (Å²) in [7, 11) is -8.58. The van der Waals surface area contributed by atoms with E-state index in [2.05, 4.69) is 4.83 Å². The van der Waals surface area contributed by atoms with Crippen LogP contribution in [0, 0.1) is 0 Å². The summed E-state index contributed by atoms with van der Waals surface area (Å²) in [6.07, 6.45) is 2.91. The van der Waals surface area contributed by atoms with Gasteiger partial charge in [0.2, 0.25) is 0 Å². The SMILES string of the molecule is O=S(=O)(F)c1ccc(S(=O)(=O)NN2CCCCC2)cc1. The minimum absolute atomic E-state index is 0.101. The van der Waals surface area contributed by atoms with Gasteiger partial charge in [0.05, 0.1) is 9.79 Å². The number of sulfonamides is 1.